The SMILES string of the molecule is Cc1ccc(-c2cccc(N=Cc3c(O)n(-c4cccc(C(=O)O)c4)c4ccccc34)c2O)cc1C. The molecule has 0 unspecified atom stereocenters. The van der Waals surface area contributed by atoms with E-state index >= 15 is 0 Å². The van der Waals surface area contributed by atoms with Crippen LogP contribution in [-0.2, 0) is 0 Å². The van der Waals surface area contributed by atoms with Crippen molar-refractivity contribution in [3.63, 3.8) is 0 Å². The molecule has 0 bridgehead atoms. The van der Waals surface area contributed by atoms with E-state index in [4.69, 9.17) is 0 Å². The van der Waals surface area contributed by atoms with Crippen molar-refractivity contribution in [1.82, 2.24) is 4.57 Å². The second-order valence-electron chi connectivity index (χ2n) is 8.68. The van der Waals surface area contributed by atoms with E-state index in [1.807, 2.05) is 68.4 Å². The van der Waals surface area contributed by atoms with Crippen LogP contribution < -0.4 is 0 Å². The van der Waals surface area contributed by atoms with Gasteiger partial charge in [-0.3, -0.25) is 9.56 Å². The first-order valence-corrected chi connectivity index (χ1v) is 11.4. The second kappa shape index (κ2) is 9.07. The van der Waals surface area contributed by atoms with Crippen molar-refractivity contribution in [2.45, 2.75) is 13.8 Å². The molecule has 0 aliphatic rings. The molecular formula is C30H24N2O4. The highest BCUT2D eigenvalue weighted by Crippen LogP contribution is 2.39. The first kappa shape index (κ1) is 22.9. The minimum Gasteiger partial charge on any atom is -0.505 e. The van der Waals surface area contributed by atoms with Gasteiger partial charge >= 0.3 is 5.97 Å². The van der Waals surface area contributed by atoms with Crippen LogP contribution in [0.15, 0.2) is 89.9 Å². The zero-order chi connectivity index (χ0) is 25.4. The Morgan fingerprint density at radius 1 is 0.861 bits per heavy atom. The number of hydrogen-bond donors (Lipinski definition) is 3. The monoisotopic (exact) mass is 476 g/mol. The molecule has 4 aromatic carbocycles. The third kappa shape index (κ3) is 3.99. The van der Waals surface area contributed by atoms with Crippen LogP contribution in [0.4, 0.5) is 5.69 Å². The molecule has 178 valence electrons. The van der Waals surface area contributed by atoms with E-state index < -0.39 is 5.97 Å². The number of nitrogens with zero attached hydrogens (tertiary/aromatic N) is 2. The highest BCUT2D eigenvalue weighted by Gasteiger charge is 2.18. The lowest BCUT2D eigenvalue weighted by molar-refractivity contribution is 0.0697. The first-order chi connectivity index (χ1) is 17.3. The van der Waals surface area contributed by atoms with Crippen molar-refractivity contribution >= 4 is 28.8 Å². The fraction of sp³-hybridized carbons (Fsp3) is 0.0667. The number of para-hydroxylation sites is 2. The Balaban J connectivity index is 1.61. The molecule has 36 heavy (non-hydrogen) atoms. The van der Waals surface area contributed by atoms with Crippen molar-refractivity contribution in [3.8, 4) is 28.4 Å². The number of aromatic hydroxyl groups is 2. The quantitative estimate of drug-likeness (QED) is 0.244. The molecule has 0 spiro atoms. The van der Waals surface area contributed by atoms with Gasteiger partial charge in [0.05, 0.1) is 16.6 Å². The van der Waals surface area contributed by atoms with Gasteiger partial charge in [-0.2, -0.15) is 0 Å². The van der Waals surface area contributed by atoms with Gasteiger partial charge < -0.3 is 15.3 Å². The summed E-state index contributed by atoms with van der Waals surface area (Å²) in [5.41, 5.74) is 6.04. The van der Waals surface area contributed by atoms with E-state index in [1.165, 1.54) is 23.9 Å². The number of aryl methyl sites for hydroxylation is 2. The Bertz CT molecular complexity index is 1660. The van der Waals surface area contributed by atoms with Crippen molar-refractivity contribution < 1.29 is 20.1 Å². The molecule has 0 fully saturated rings. The summed E-state index contributed by atoms with van der Waals surface area (Å²) in [5.74, 6) is -1.07. The smallest absolute Gasteiger partial charge is 0.335 e. The number of carboxylic acids is 1. The maximum Gasteiger partial charge on any atom is 0.335 e. The summed E-state index contributed by atoms with van der Waals surface area (Å²) in [6, 6.07) is 25.2. The lowest BCUT2D eigenvalue weighted by Crippen LogP contribution is -1.99. The Labute approximate surface area is 208 Å². The van der Waals surface area contributed by atoms with Gasteiger partial charge in [0.15, 0.2) is 0 Å². The van der Waals surface area contributed by atoms with Crippen LogP contribution in [0.25, 0.3) is 27.7 Å². The lowest BCUT2D eigenvalue weighted by Gasteiger charge is -2.09. The topological polar surface area (TPSA) is 95.1 Å². The average molecular weight is 477 g/mol. The highest BCUT2D eigenvalue weighted by atomic mass is 16.4. The Hall–Kier alpha value is -4.84. The third-order valence-electron chi connectivity index (χ3n) is 6.40. The molecule has 0 aliphatic carbocycles. The molecule has 0 aliphatic heterocycles. The lowest BCUT2D eigenvalue weighted by atomic mass is 9.99. The fourth-order valence-electron chi connectivity index (χ4n) is 4.33. The zero-order valence-corrected chi connectivity index (χ0v) is 19.8. The molecule has 1 aromatic heterocycles. The summed E-state index contributed by atoms with van der Waals surface area (Å²) < 4.78 is 1.59. The molecule has 5 rings (SSSR count). The minimum atomic E-state index is -1.05. The van der Waals surface area contributed by atoms with Crippen LogP contribution in [0.5, 0.6) is 11.6 Å². The van der Waals surface area contributed by atoms with Crippen LogP contribution in [0, 0.1) is 13.8 Å². The van der Waals surface area contributed by atoms with Gasteiger partial charge in [0.25, 0.3) is 0 Å². The number of aliphatic imine (C=N–C) groups is 1. The van der Waals surface area contributed by atoms with E-state index in [9.17, 15) is 20.1 Å². The summed E-state index contributed by atoms with van der Waals surface area (Å²) in [7, 11) is 0. The number of hydrogen-bond acceptors (Lipinski definition) is 4. The summed E-state index contributed by atoms with van der Waals surface area (Å²) in [5, 5.41) is 32.3. The maximum atomic E-state index is 11.5. The van der Waals surface area contributed by atoms with Crippen molar-refractivity contribution in [2.75, 3.05) is 0 Å². The molecule has 0 atom stereocenters. The highest BCUT2D eigenvalue weighted by molar-refractivity contribution is 6.04. The number of phenolic OH excluding ortho intramolecular Hbond substituents is 1. The summed E-state index contributed by atoms with van der Waals surface area (Å²) >= 11 is 0. The molecule has 3 N–H and O–H groups in total. The number of carbonyl (C=O) groups is 1. The van der Waals surface area contributed by atoms with Gasteiger partial charge in [-0.05, 0) is 60.9 Å². The molecule has 6 heteroatoms. The molecule has 0 saturated heterocycles. The van der Waals surface area contributed by atoms with E-state index in [2.05, 4.69) is 4.99 Å². The zero-order valence-electron chi connectivity index (χ0n) is 19.8. The molecule has 5 aromatic rings. The number of benzene rings is 4. The predicted molar refractivity (Wildman–Crippen MR) is 142 cm³/mol. The largest absolute Gasteiger partial charge is 0.505 e. The van der Waals surface area contributed by atoms with Gasteiger partial charge in [-0.25, -0.2) is 4.79 Å². The van der Waals surface area contributed by atoms with E-state index in [0.29, 0.717) is 28.0 Å². The standard InChI is InChI=1S/C30H24N2O4/c1-18-13-14-20(15-19(18)2)23-10-6-11-26(28(23)33)31-17-25-24-9-3-4-12-27(24)32(29(25)34)22-8-5-7-21(16-22)30(35)36/h3-17,33-34H,1-2H3,(H,35,36). The van der Waals surface area contributed by atoms with Crippen molar-refractivity contribution in [1.29, 1.82) is 0 Å². The van der Waals surface area contributed by atoms with E-state index in [1.54, 1.807) is 22.8 Å². The molecular weight excluding hydrogens is 452 g/mol. The molecule has 6 nitrogen and oxygen atoms in total. The summed E-state index contributed by atoms with van der Waals surface area (Å²) in [6.45, 7) is 4.07. The average Bonchev–Trinajstić information content (AvgIpc) is 3.16. The van der Waals surface area contributed by atoms with Crippen LogP contribution in [-0.4, -0.2) is 32.1 Å². The van der Waals surface area contributed by atoms with E-state index in [0.717, 1.165) is 16.5 Å². The third-order valence-corrected chi connectivity index (χ3v) is 6.40. The molecule has 1 heterocycles. The van der Waals surface area contributed by atoms with Crippen LogP contribution in [0.1, 0.15) is 27.0 Å². The number of carboxylic acid groups (broad SMARTS) is 1. The maximum absolute atomic E-state index is 11.5. The Morgan fingerprint density at radius 2 is 1.64 bits per heavy atom. The van der Waals surface area contributed by atoms with Gasteiger partial charge in [0.2, 0.25) is 5.88 Å². The summed E-state index contributed by atoms with van der Waals surface area (Å²) in [6.07, 6.45) is 1.52. The number of aromatic nitrogens is 1. The van der Waals surface area contributed by atoms with E-state index in [-0.39, 0.29) is 17.2 Å². The number of aromatic carboxylic acids is 1. The minimum absolute atomic E-state index is 0.0504. The second-order valence-corrected chi connectivity index (χ2v) is 8.68. The van der Waals surface area contributed by atoms with Gasteiger partial charge in [-0.1, -0.05) is 54.6 Å². The van der Waals surface area contributed by atoms with Crippen LogP contribution in [0.2, 0.25) is 0 Å². The Morgan fingerprint density at radius 3 is 2.42 bits per heavy atom. The molecule has 0 radical (unpaired) electrons. The fourth-order valence-corrected chi connectivity index (χ4v) is 4.33. The Kier molecular flexibility index (Phi) is 5.78. The number of fused-ring (bicyclic) bond motifs is 1. The summed E-state index contributed by atoms with van der Waals surface area (Å²) in [4.78, 5) is 16.0. The first-order valence-electron chi connectivity index (χ1n) is 11.4. The van der Waals surface area contributed by atoms with Crippen LogP contribution in [0.3, 0.4) is 0 Å². The number of rotatable bonds is 5. The van der Waals surface area contributed by atoms with Gasteiger partial charge in [0, 0.05) is 22.9 Å². The molecule has 0 saturated carbocycles. The van der Waals surface area contributed by atoms with Crippen molar-refractivity contribution in [3.05, 3.63) is 107 Å². The molecule has 0 amide bonds. The van der Waals surface area contributed by atoms with Gasteiger partial charge in [-0.15, -0.1) is 0 Å². The predicted octanol–water partition coefficient (Wildman–Crippen LogP) is 6.77. The van der Waals surface area contributed by atoms with Gasteiger partial charge in [0.1, 0.15) is 11.4 Å². The normalized spacial score (nSPS) is 11.4. The van der Waals surface area contributed by atoms with Crippen LogP contribution >= 0.6 is 0 Å². The number of phenols is 1. The van der Waals surface area contributed by atoms with Crippen molar-refractivity contribution in [2.24, 2.45) is 4.99 Å².